The molecule has 1 fully saturated rings. The minimum Gasteiger partial charge on any atom is -0.507 e. The van der Waals surface area contributed by atoms with E-state index in [1.165, 1.54) is 0 Å². The fourth-order valence-corrected chi connectivity index (χ4v) is 4.04. The molecule has 0 aliphatic carbocycles. The molecule has 1 saturated heterocycles. The number of benzene rings is 1. The number of carbonyl (C=O) groups is 1. The molecular formula is C22H34N2O2S. The Bertz CT molecular complexity index is 720. The number of hydrazine groups is 1. The highest BCUT2D eigenvalue weighted by Gasteiger charge is 2.32. The second-order valence-electron chi connectivity index (χ2n) is 9.61. The number of carbonyl (C=O) groups excluding carboxylic acids is 1. The van der Waals surface area contributed by atoms with Gasteiger partial charge < -0.3 is 5.11 Å². The van der Waals surface area contributed by atoms with Gasteiger partial charge in [-0.15, -0.1) is 0 Å². The average molecular weight is 391 g/mol. The van der Waals surface area contributed by atoms with Crippen molar-refractivity contribution in [1.82, 2.24) is 10.0 Å². The Morgan fingerprint density at radius 2 is 1.59 bits per heavy atom. The first-order chi connectivity index (χ1) is 12.2. The van der Waals surface area contributed by atoms with E-state index >= 15 is 0 Å². The van der Waals surface area contributed by atoms with Gasteiger partial charge in [0.25, 0.3) is 5.91 Å². The summed E-state index contributed by atoms with van der Waals surface area (Å²) < 4.78 is 0. The van der Waals surface area contributed by atoms with E-state index in [4.69, 9.17) is 0 Å². The van der Waals surface area contributed by atoms with Crippen LogP contribution in [0.25, 0.3) is 6.08 Å². The Balaban J connectivity index is 2.61. The third-order valence-corrected chi connectivity index (χ3v) is 5.87. The van der Waals surface area contributed by atoms with Gasteiger partial charge in [-0.1, -0.05) is 53.3 Å². The number of rotatable bonds is 3. The number of thioether (sulfide) groups is 1. The van der Waals surface area contributed by atoms with Crippen LogP contribution in [-0.2, 0) is 15.6 Å². The number of aromatic hydroxyl groups is 1. The third-order valence-electron chi connectivity index (χ3n) is 4.89. The Kier molecular flexibility index (Phi) is 6.08. The Morgan fingerprint density at radius 3 is 2.00 bits per heavy atom. The summed E-state index contributed by atoms with van der Waals surface area (Å²) in [5.74, 6) is 0.941. The predicted octanol–water partition coefficient (Wildman–Crippen LogP) is 5.12. The van der Waals surface area contributed by atoms with Crippen LogP contribution in [0.15, 0.2) is 17.2 Å². The van der Waals surface area contributed by atoms with E-state index in [-0.39, 0.29) is 22.8 Å². The second kappa shape index (κ2) is 7.51. The van der Waals surface area contributed by atoms with E-state index in [2.05, 4.69) is 73.6 Å². The zero-order valence-corrected chi connectivity index (χ0v) is 19.0. The van der Waals surface area contributed by atoms with Crippen molar-refractivity contribution >= 4 is 23.7 Å². The maximum Gasteiger partial charge on any atom is 0.252 e. The number of amides is 1. The molecule has 0 radical (unpaired) electrons. The van der Waals surface area contributed by atoms with E-state index < -0.39 is 0 Å². The quantitative estimate of drug-likeness (QED) is 0.778. The van der Waals surface area contributed by atoms with Crippen molar-refractivity contribution in [2.24, 2.45) is 0 Å². The Hall–Kier alpha value is -1.46. The molecule has 0 aromatic heterocycles. The van der Waals surface area contributed by atoms with Gasteiger partial charge in [0.05, 0.1) is 10.8 Å². The van der Waals surface area contributed by atoms with Gasteiger partial charge >= 0.3 is 0 Å². The Labute approximate surface area is 168 Å². The minimum atomic E-state index is -0.175. The molecule has 4 nitrogen and oxygen atoms in total. The zero-order valence-electron chi connectivity index (χ0n) is 18.2. The van der Waals surface area contributed by atoms with Crippen molar-refractivity contribution in [1.29, 1.82) is 0 Å². The molecule has 1 aromatic rings. The minimum absolute atomic E-state index is 0.105. The average Bonchev–Trinajstić information content (AvgIpc) is 2.86. The van der Waals surface area contributed by atoms with E-state index in [9.17, 15) is 9.90 Å². The largest absolute Gasteiger partial charge is 0.507 e. The van der Waals surface area contributed by atoms with Crippen LogP contribution < -0.4 is 0 Å². The summed E-state index contributed by atoms with van der Waals surface area (Å²) in [6.45, 7) is 16.8. The molecule has 0 spiro atoms. The van der Waals surface area contributed by atoms with Gasteiger partial charge in [-0.25, -0.2) is 10.0 Å². The highest BCUT2D eigenvalue weighted by molar-refractivity contribution is 8.04. The fraction of sp³-hybridized carbons (Fsp3) is 0.591. The fourth-order valence-electron chi connectivity index (χ4n) is 3.07. The van der Waals surface area contributed by atoms with Crippen LogP contribution in [0.4, 0.5) is 0 Å². The number of phenols is 1. The topological polar surface area (TPSA) is 43.8 Å². The van der Waals surface area contributed by atoms with Crippen LogP contribution in [0.5, 0.6) is 5.75 Å². The summed E-state index contributed by atoms with van der Waals surface area (Å²) in [4.78, 5) is 12.4. The zero-order chi connectivity index (χ0) is 20.7. The smallest absolute Gasteiger partial charge is 0.252 e. The van der Waals surface area contributed by atoms with Crippen molar-refractivity contribution in [3.05, 3.63) is 33.9 Å². The van der Waals surface area contributed by atoms with Gasteiger partial charge in [-0.2, -0.15) is 0 Å². The van der Waals surface area contributed by atoms with Gasteiger partial charge in [0.2, 0.25) is 0 Å². The summed E-state index contributed by atoms with van der Waals surface area (Å²) in [6, 6.07) is 4.33. The van der Waals surface area contributed by atoms with Crippen LogP contribution in [0, 0.1) is 0 Å². The molecule has 1 aliphatic heterocycles. The SMILES string of the molecule is CC(C)N(C)N1C(=O)CSC1=Cc1cc(C(C)(C)C)c(O)c(C(C)(C)C)c1. The summed E-state index contributed by atoms with van der Waals surface area (Å²) >= 11 is 1.56. The molecule has 27 heavy (non-hydrogen) atoms. The van der Waals surface area contributed by atoms with Gasteiger partial charge in [0, 0.05) is 24.2 Å². The lowest BCUT2D eigenvalue weighted by Crippen LogP contribution is -2.44. The van der Waals surface area contributed by atoms with Crippen LogP contribution in [-0.4, -0.2) is 39.9 Å². The molecule has 5 heteroatoms. The maximum absolute atomic E-state index is 12.4. The monoisotopic (exact) mass is 390 g/mol. The molecule has 150 valence electrons. The van der Waals surface area contributed by atoms with Crippen molar-refractivity contribution in [2.75, 3.05) is 12.8 Å². The highest BCUT2D eigenvalue weighted by atomic mass is 32.2. The molecule has 2 rings (SSSR count). The molecule has 0 saturated carbocycles. The predicted molar refractivity (Wildman–Crippen MR) is 116 cm³/mol. The molecule has 0 unspecified atom stereocenters. The van der Waals surface area contributed by atoms with Crippen molar-refractivity contribution in [3.63, 3.8) is 0 Å². The second-order valence-corrected chi connectivity index (χ2v) is 10.6. The van der Waals surface area contributed by atoms with Crippen LogP contribution in [0.3, 0.4) is 0 Å². The van der Waals surface area contributed by atoms with Gasteiger partial charge in [0.15, 0.2) is 0 Å². The molecular weight excluding hydrogens is 356 g/mol. The first kappa shape index (κ1) is 21.8. The maximum atomic E-state index is 12.4. The Morgan fingerprint density at radius 1 is 1.11 bits per heavy atom. The van der Waals surface area contributed by atoms with Crippen LogP contribution in [0.1, 0.15) is 72.1 Å². The number of nitrogens with zero attached hydrogens (tertiary/aromatic N) is 2. The molecule has 1 N–H and O–H groups in total. The molecule has 0 bridgehead atoms. The molecule has 1 aliphatic rings. The molecule has 1 heterocycles. The molecule has 0 atom stereocenters. The third kappa shape index (κ3) is 4.69. The normalized spacial score (nSPS) is 17.7. The summed E-state index contributed by atoms with van der Waals surface area (Å²) in [7, 11) is 1.94. The summed E-state index contributed by atoms with van der Waals surface area (Å²) in [6.07, 6.45) is 2.07. The van der Waals surface area contributed by atoms with Crippen molar-refractivity contribution in [2.45, 2.75) is 72.3 Å². The lowest BCUT2D eigenvalue weighted by molar-refractivity contribution is -0.139. The first-order valence-corrected chi connectivity index (χ1v) is 10.5. The standard InChI is InChI=1S/C22H34N2O2S/c1-14(2)23(9)24-18(25)13-27-19(24)12-15-10-16(21(3,4)5)20(26)17(11-15)22(6,7)8/h10-12,14,26H,13H2,1-9H3. The van der Waals surface area contributed by atoms with Crippen LogP contribution in [0.2, 0.25) is 0 Å². The van der Waals surface area contributed by atoms with Crippen molar-refractivity contribution < 1.29 is 9.90 Å². The summed E-state index contributed by atoms with van der Waals surface area (Å²) in [5, 5.41) is 15.6. The lowest BCUT2D eigenvalue weighted by Gasteiger charge is -2.32. The van der Waals surface area contributed by atoms with E-state index in [0.29, 0.717) is 11.5 Å². The lowest BCUT2D eigenvalue weighted by atomic mass is 9.78. The van der Waals surface area contributed by atoms with Crippen molar-refractivity contribution in [3.8, 4) is 5.75 Å². The number of phenolic OH excluding ortho intramolecular Hbond substituents is 1. The highest BCUT2D eigenvalue weighted by Crippen LogP contribution is 2.41. The van der Waals surface area contributed by atoms with Gasteiger partial charge in [-0.05, 0) is 48.4 Å². The van der Waals surface area contributed by atoms with E-state index in [0.717, 1.165) is 21.7 Å². The molecule has 1 aromatic carbocycles. The number of hydrogen-bond acceptors (Lipinski definition) is 4. The van der Waals surface area contributed by atoms with E-state index in [1.807, 2.05) is 12.1 Å². The summed E-state index contributed by atoms with van der Waals surface area (Å²) in [5.41, 5.74) is 2.53. The molecule has 1 amide bonds. The van der Waals surface area contributed by atoms with Crippen LogP contribution >= 0.6 is 11.8 Å². The van der Waals surface area contributed by atoms with E-state index in [1.54, 1.807) is 16.8 Å². The van der Waals surface area contributed by atoms with Gasteiger partial charge in [0.1, 0.15) is 5.75 Å². The first-order valence-electron chi connectivity index (χ1n) is 9.51. The van der Waals surface area contributed by atoms with Gasteiger partial charge in [-0.3, -0.25) is 4.79 Å². The number of hydrogen-bond donors (Lipinski definition) is 1.